The Labute approximate surface area is 164 Å². The summed E-state index contributed by atoms with van der Waals surface area (Å²) in [6.45, 7) is 4.00. The van der Waals surface area contributed by atoms with Gasteiger partial charge in [-0.2, -0.15) is 5.10 Å². The molecule has 1 heterocycles. The number of hydrogen-bond donors (Lipinski definition) is 2. The molecule has 0 atom stereocenters. The van der Waals surface area contributed by atoms with Crippen LogP contribution in [0.15, 0.2) is 67.0 Å². The number of para-hydroxylation sites is 1. The zero-order valence-electron chi connectivity index (χ0n) is 16.1. The van der Waals surface area contributed by atoms with E-state index in [1.165, 1.54) is 0 Å². The van der Waals surface area contributed by atoms with E-state index >= 15 is 0 Å². The molecule has 1 aromatic heterocycles. The van der Waals surface area contributed by atoms with Gasteiger partial charge < -0.3 is 10.6 Å². The van der Waals surface area contributed by atoms with Crippen LogP contribution in [0.1, 0.15) is 25.8 Å². The first-order valence-electron chi connectivity index (χ1n) is 9.28. The van der Waals surface area contributed by atoms with E-state index in [9.17, 15) is 9.59 Å². The van der Waals surface area contributed by atoms with Crippen LogP contribution in [0.4, 0.5) is 11.4 Å². The summed E-state index contributed by atoms with van der Waals surface area (Å²) >= 11 is 0. The largest absolute Gasteiger partial charge is 0.326 e. The number of anilines is 2. The van der Waals surface area contributed by atoms with Gasteiger partial charge >= 0.3 is 0 Å². The van der Waals surface area contributed by atoms with Crippen molar-refractivity contribution in [1.82, 2.24) is 9.78 Å². The van der Waals surface area contributed by atoms with Gasteiger partial charge in [0.25, 0.3) is 0 Å². The molecule has 0 saturated carbocycles. The van der Waals surface area contributed by atoms with Gasteiger partial charge in [0.15, 0.2) is 0 Å². The maximum absolute atomic E-state index is 12.3. The summed E-state index contributed by atoms with van der Waals surface area (Å²) in [6, 6.07) is 16.9. The summed E-state index contributed by atoms with van der Waals surface area (Å²) in [5.74, 6) is 0.177. The van der Waals surface area contributed by atoms with E-state index in [4.69, 9.17) is 0 Å². The average Bonchev–Trinajstić information content (AvgIpc) is 3.12. The van der Waals surface area contributed by atoms with Crippen molar-refractivity contribution in [1.29, 1.82) is 0 Å². The van der Waals surface area contributed by atoms with E-state index in [-0.39, 0.29) is 18.2 Å². The second kappa shape index (κ2) is 8.99. The Morgan fingerprint density at radius 2 is 1.54 bits per heavy atom. The topological polar surface area (TPSA) is 76.0 Å². The minimum atomic E-state index is -0.121. The molecule has 0 radical (unpaired) electrons. The van der Waals surface area contributed by atoms with Crippen LogP contribution in [0.3, 0.4) is 0 Å². The van der Waals surface area contributed by atoms with E-state index in [1.54, 1.807) is 35.1 Å². The predicted molar refractivity (Wildman–Crippen MR) is 110 cm³/mol. The Kier molecular flexibility index (Phi) is 6.22. The highest BCUT2D eigenvalue weighted by Gasteiger charge is 2.08. The molecule has 6 nitrogen and oxygen atoms in total. The zero-order chi connectivity index (χ0) is 19.9. The third-order valence-electron chi connectivity index (χ3n) is 4.07. The van der Waals surface area contributed by atoms with Gasteiger partial charge in [0.1, 0.15) is 0 Å². The molecule has 6 heteroatoms. The van der Waals surface area contributed by atoms with Crippen molar-refractivity contribution in [2.24, 2.45) is 5.92 Å². The molecule has 3 rings (SSSR count). The van der Waals surface area contributed by atoms with E-state index in [0.29, 0.717) is 23.7 Å². The Morgan fingerprint density at radius 1 is 0.929 bits per heavy atom. The lowest BCUT2D eigenvalue weighted by Gasteiger charge is -2.09. The van der Waals surface area contributed by atoms with Gasteiger partial charge in [-0.15, -0.1) is 0 Å². The molecule has 0 saturated heterocycles. The predicted octanol–water partition coefficient (Wildman–Crippen LogP) is 4.04. The van der Waals surface area contributed by atoms with Gasteiger partial charge in [0.2, 0.25) is 11.8 Å². The summed E-state index contributed by atoms with van der Waals surface area (Å²) in [7, 11) is 0. The molecule has 0 aliphatic heterocycles. The highest BCUT2D eigenvalue weighted by atomic mass is 16.2. The van der Waals surface area contributed by atoms with Crippen molar-refractivity contribution >= 4 is 23.2 Å². The third-order valence-corrected chi connectivity index (χ3v) is 4.07. The van der Waals surface area contributed by atoms with Gasteiger partial charge in [0.05, 0.1) is 18.3 Å². The molecule has 28 heavy (non-hydrogen) atoms. The van der Waals surface area contributed by atoms with Gasteiger partial charge in [-0.05, 0) is 47.9 Å². The molecule has 0 aliphatic carbocycles. The molecule has 0 aliphatic rings. The van der Waals surface area contributed by atoms with Gasteiger partial charge in [0, 0.05) is 24.0 Å². The number of hydrogen-bond acceptors (Lipinski definition) is 3. The molecular formula is C22H24N4O2. The van der Waals surface area contributed by atoms with Crippen LogP contribution in [-0.4, -0.2) is 21.6 Å². The molecule has 0 spiro atoms. The van der Waals surface area contributed by atoms with Crippen molar-refractivity contribution < 1.29 is 9.59 Å². The standard InChI is InChI=1S/C22H24N4O2/c1-16(2)12-21(27)24-18-8-10-19(11-9-18)25-22(28)13-17-14-23-26(15-17)20-6-4-3-5-7-20/h3-11,14-16H,12-13H2,1-2H3,(H,24,27)(H,25,28). The lowest BCUT2D eigenvalue weighted by atomic mass is 10.1. The lowest BCUT2D eigenvalue weighted by molar-refractivity contribution is -0.117. The third kappa shape index (κ3) is 5.54. The van der Waals surface area contributed by atoms with Crippen LogP contribution in [0, 0.1) is 5.92 Å². The molecular weight excluding hydrogens is 352 g/mol. The maximum Gasteiger partial charge on any atom is 0.228 e. The smallest absolute Gasteiger partial charge is 0.228 e. The molecule has 144 valence electrons. The molecule has 3 aromatic rings. The lowest BCUT2D eigenvalue weighted by Crippen LogP contribution is -2.15. The molecule has 2 amide bonds. The second-order valence-corrected chi connectivity index (χ2v) is 7.08. The zero-order valence-corrected chi connectivity index (χ0v) is 16.1. The number of carbonyl (C=O) groups excluding carboxylic acids is 2. The molecule has 0 fully saturated rings. The second-order valence-electron chi connectivity index (χ2n) is 7.08. The van der Waals surface area contributed by atoms with Gasteiger partial charge in [-0.25, -0.2) is 4.68 Å². The first kappa shape index (κ1) is 19.4. The molecule has 0 bridgehead atoms. The molecule has 2 aromatic carbocycles. The highest BCUT2D eigenvalue weighted by molar-refractivity contribution is 5.93. The van der Waals surface area contributed by atoms with E-state index in [1.807, 2.05) is 50.4 Å². The highest BCUT2D eigenvalue weighted by Crippen LogP contribution is 2.15. The van der Waals surface area contributed by atoms with Crippen LogP contribution in [-0.2, 0) is 16.0 Å². The number of rotatable bonds is 7. The van der Waals surface area contributed by atoms with Crippen molar-refractivity contribution in [3.05, 3.63) is 72.6 Å². The van der Waals surface area contributed by atoms with Crippen molar-refractivity contribution in [3.8, 4) is 5.69 Å². The number of nitrogens with zero attached hydrogens (tertiary/aromatic N) is 2. The van der Waals surface area contributed by atoms with E-state index in [0.717, 1.165) is 11.3 Å². The number of amides is 2. The van der Waals surface area contributed by atoms with Crippen LogP contribution < -0.4 is 10.6 Å². The Bertz CT molecular complexity index is 931. The summed E-state index contributed by atoms with van der Waals surface area (Å²) in [4.78, 5) is 24.1. The Hall–Kier alpha value is -3.41. The molecule has 0 unspecified atom stereocenters. The maximum atomic E-state index is 12.3. The number of aromatic nitrogens is 2. The number of benzene rings is 2. The summed E-state index contributed by atoms with van der Waals surface area (Å²) in [5, 5.41) is 10.0. The summed E-state index contributed by atoms with van der Waals surface area (Å²) < 4.78 is 1.75. The van der Waals surface area contributed by atoms with Crippen LogP contribution in [0.2, 0.25) is 0 Å². The molecule has 2 N–H and O–H groups in total. The normalized spacial score (nSPS) is 10.7. The van der Waals surface area contributed by atoms with Crippen LogP contribution in [0.25, 0.3) is 5.69 Å². The SMILES string of the molecule is CC(C)CC(=O)Nc1ccc(NC(=O)Cc2cnn(-c3ccccc3)c2)cc1. The first-order valence-corrected chi connectivity index (χ1v) is 9.28. The Balaban J connectivity index is 1.54. The Morgan fingerprint density at radius 3 is 2.14 bits per heavy atom. The van der Waals surface area contributed by atoms with Crippen molar-refractivity contribution in [3.63, 3.8) is 0 Å². The first-order chi connectivity index (χ1) is 13.5. The van der Waals surface area contributed by atoms with E-state index < -0.39 is 0 Å². The van der Waals surface area contributed by atoms with Crippen LogP contribution in [0.5, 0.6) is 0 Å². The summed E-state index contributed by atoms with van der Waals surface area (Å²) in [5.41, 5.74) is 3.18. The number of nitrogens with one attached hydrogen (secondary N) is 2. The van der Waals surface area contributed by atoms with Crippen molar-refractivity contribution in [2.45, 2.75) is 26.7 Å². The average molecular weight is 376 g/mol. The summed E-state index contributed by atoms with van der Waals surface area (Å²) in [6.07, 6.45) is 4.26. The van der Waals surface area contributed by atoms with Crippen LogP contribution >= 0.6 is 0 Å². The van der Waals surface area contributed by atoms with Gasteiger partial charge in [-0.3, -0.25) is 9.59 Å². The van der Waals surface area contributed by atoms with Gasteiger partial charge in [-0.1, -0.05) is 32.0 Å². The van der Waals surface area contributed by atoms with Crippen molar-refractivity contribution in [2.75, 3.05) is 10.6 Å². The number of carbonyl (C=O) groups is 2. The van der Waals surface area contributed by atoms with E-state index in [2.05, 4.69) is 15.7 Å². The fourth-order valence-electron chi connectivity index (χ4n) is 2.78. The minimum Gasteiger partial charge on any atom is -0.326 e. The monoisotopic (exact) mass is 376 g/mol. The fraction of sp³-hybridized carbons (Fsp3) is 0.227. The quantitative estimate of drug-likeness (QED) is 0.653. The minimum absolute atomic E-state index is 0.0118. The fourth-order valence-corrected chi connectivity index (χ4v) is 2.78.